The van der Waals surface area contributed by atoms with Crippen LogP contribution in [0.3, 0.4) is 0 Å². The van der Waals surface area contributed by atoms with Crippen molar-refractivity contribution in [2.75, 3.05) is 0 Å². The average molecular weight is 485 g/mol. The van der Waals surface area contributed by atoms with Crippen LogP contribution >= 0.6 is 0 Å². The van der Waals surface area contributed by atoms with Crippen molar-refractivity contribution in [3.8, 4) is 0 Å². The van der Waals surface area contributed by atoms with Crippen molar-refractivity contribution in [3.05, 3.63) is 11.6 Å². The molecule has 6 aliphatic rings. The molecule has 0 radical (unpaired) electrons. The number of carbonyl (C=O) groups excluding carboxylic acids is 1. The molecule has 194 valence electrons. The number of hydrogen-bond donors (Lipinski definition) is 2. The molecule has 6 unspecified atom stereocenters. The fourth-order valence-electron chi connectivity index (χ4n) is 11.0. The molecule has 0 amide bonds. The maximum Gasteiger partial charge on any atom is 0.312 e. The van der Waals surface area contributed by atoms with Gasteiger partial charge in [-0.1, -0.05) is 47.1 Å². The van der Waals surface area contributed by atoms with E-state index < -0.39 is 11.4 Å². The highest BCUT2D eigenvalue weighted by molar-refractivity contribution is 5.95. The van der Waals surface area contributed by atoms with Crippen molar-refractivity contribution < 1.29 is 24.5 Å². The van der Waals surface area contributed by atoms with Gasteiger partial charge in [0, 0.05) is 11.3 Å². The van der Waals surface area contributed by atoms with E-state index in [4.69, 9.17) is 4.74 Å². The lowest BCUT2D eigenvalue weighted by molar-refractivity contribution is -0.205. The number of ether oxygens (including phenoxy) is 1. The van der Waals surface area contributed by atoms with Gasteiger partial charge < -0.3 is 14.9 Å². The van der Waals surface area contributed by atoms with Crippen molar-refractivity contribution in [1.29, 1.82) is 0 Å². The molecule has 0 aromatic carbocycles. The third kappa shape index (κ3) is 2.53. The Labute approximate surface area is 210 Å². The molecule has 5 fully saturated rings. The number of ketones is 1. The van der Waals surface area contributed by atoms with Crippen molar-refractivity contribution in [1.82, 2.24) is 0 Å². The van der Waals surface area contributed by atoms with Crippen LogP contribution < -0.4 is 0 Å². The molecule has 0 spiro atoms. The Hall–Kier alpha value is -1.20. The zero-order valence-corrected chi connectivity index (χ0v) is 22.6. The first-order valence-electron chi connectivity index (χ1n) is 13.9. The number of fused-ring (bicyclic) bond motifs is 7. The lowest BCUT2D eigenvalue weighted by atomic mass is 9.33. The number of carbonyl (C=O) groups is 2. The molecular weight excluding hydrogens is 440 g/mol. The molecule has 5 nitrogen and oxygen atoms in total. The summed E-state index contributed by atoms with van der Waals surface area (Å²) in [6, 6.07) is 0. The van der Waals surface area contributed by atoms with Crippen molar-refractivity contribution in [2.24, 2.45) is 50.2 Å². The molecule has 1 saturated heterocycles. The Balaban J connectivity index is 1.50. The number of aliphatic carboxylic acids is 1. The standard InChI is InChI=1S/C30H44O5/c1-25(2)19-8-11-29(6)23(26(19,3)10-9-20(25)32)18(31)12-16-17-13-28(5,24(33)34)21-14-27(17,4)22(35-21)15-30(16,29)7/h12,17,19-23,32H,8-11,13-15H2,1-7H3,(H,33,34)/t17-,19?,20?,21?,22?,23?,26-,27-,28+,29+,30?/m0/s1. The maximum atomic E-state index is 14.3. The molecule has 5 aliphatic carbocycles. The van der Waals surface area contributed by atoms with Gasteiger partial charge >= 0.3 is 5.97 Å². The van der Waals surface area contributed by atoms with Crippen LogP contribution in [0.5, 0.6) is 0 Å². The minimum Gasteiger partial charge on any atom is -0.481 e. The topological polar surface area (TPSA) is 83.8 Å². The third-order valence-corrected chi connectivity index (χ3v) is 13.5. The van der Waals surface area contributed by atoms with Gasteiger partial charge in [-0.05, 0) is 91.4 Å². The summed E-state index contributed by atoms with van der Waals surface area (Å²) in [5.74, 6) is -0.241. The number of allylic oxidation sites excluding steroid dienone is 2. The van der Waals surface area contributed by atoms with Crippen LogP contribution in [-0.4, -0.2) is 40.3 Å². The van der Waals surface area contributed by atoms with E-state index >= 15 is 0 Å². The number of carboxylic acid groups (broad SMARTS) is 1. The van der Waals surface area contributed by atoms with Gasteiger partial charge in [-0.25, -0.2) is 0 Å². The van der Waals surface area contributed by atoms with E-state index in [2.05, 4.69) is 41.5 Å². The molecule has 4 saturated carbocycles. The zero-order valence-electron chi connectivity index (χ0n) is 22.6. The van der Waals surface area contributed by atoms with E-state index in [1.54, 1.807) is 0 Å². The Morgan fingerprint density at radius 1 is 0.943 bits per heavy atom. The molecular formula is C30H44O5. The predicted octanol–water partition coefficient (Wildman–Crippen LogP) is 5.40. The van der Waals surface area contributed by atoms with Gasteiger partial charge in [-0.2, -0.15) is 0 Å². The second-order valence-corrected chi connectivity index (χ2v) is 15.2. The molecule has 11 atom stereocenters. The number of rotatable bonds is 1. The van der Waals surface area contributed by atoms with E-state index in [1.165, 1.54) is 5.57 Å². The van der Waals surface area contributed by atoms with Crippen molar-refractivity contribution in [2.45, 2.75) is 112 Å². The van der Waals surface area contributed by atoms with Crippen LogP contribution in [0.1, 0.15) is 93.4 Å². The highest BCUT2D eigenvalue weighted by atomic mass is 16.5. The number of aliphatic hydroxyl groups is 1. The molecule has 1 aliphatic heterocycles. The second-order valence-electron chi connectivity index (χ2n) is 15.2. The molecule has 6 rings (SSSR count). The summed E-state index contributed by atoms with van der Waals surface area (Å²) in [5.41, 5.74) is -0.570. The quantitative estimate of drug-likeness (QED) is 0.521. The Kier molecular flexibility index (Phi) is 4.57. The van der Waals surface area contributed by atoms with Gasteiger partial charge in [0.05, 0.1) is 23.7 Å². The second kappa shape index (κ2) is 6.62. The monoisotopic (exact) mass is 484 g/mol. The summed E-state index contributed by atoms with van der Waals surface area (Å²) in [6.07, 6.45) is 7.23. The molecule has 5 heteroatoms. The van der Waals surface area contributed by atoms with Gasteiger partial charge in [0.2, 0.25) is 0 Å². The van der Waals surface area contributed by atoms with Crippen molar-refractivity contribution in [3.63, 3.8) is 0 Å². The lowest BCUT2D eigenvalue weighted by Gasteiger charge is -2.70. The first-order chi connectivity index (χ1) is 16.1. The van der Waals surface area contributed by atoms with E-state index in [9.17, 15) is 19.8 Å². The van der Waals surface area contributed by atoms with Crippen LogP contribution in [-0.2, 0) is 14.3 Å². The van der Waals surface area contributed by atoms with Crippen LogP contribution in [0.15, 0.2) is 11.6 Å². The van der Waals surface area contributed by atoms with E-state index in [0.29, 0.717) is 12.3 Å². The van der Waals surface area contributed by atoms with Crippen LogP contribution in [0.2, 0.25) is 0 Å². The molecule has 2 bridgehead atoms. The molecule has 0 aromatic rings. The van der Waals surface area contributed by atoms with Gasteiger partial charge in [0.1, 0.15) is 0 Å². The van der Waals surface area contributed by atoms with E-state index in [1.807, 2.05) is 13.0 Å². The maximum absolute atomic E-state index is 14.3. The Morgan fingerprint density at radius 2 is 1.63 bits per heavy atom. The first-order valence-corrected chi connectivity index (χ1v) is 13.9. The summed E-state index contributed by atoms with van der Waals surface area (Å²) in [5, 5.41) is 21.1. The van der Waals surface area contributed by atoms with Gasteiger partial charge in [0.25, 0.3) is 0 Å². The number of aliphatic hydroxyl groups excluding tert-OH is 1. The minimum atomic E-state index is -0.918. The fourth-order valence-corrected chi connectivity index (χ4v) is 11.0. The summed E-state index contributed by atoms with van der Waals surface area (Å²) in [7, 11) is 0. The number of hydrogen-bond acceptors (Lipinski definition) is 4. The third-order valence-electron chi connectivity index (χ3n) is 13.5. The average Bonchev–Trinajstić information content (AvgIpc) is 3.07. The van der Waals surface area contributed by atoms with E-state index in [-0.39, 0.29) is 63.0 Å². The van der Waals surface area contributed by atoms with Crippen molar-refractivity contribution >= 4 is 11.8 Å². The molecule has 35 heavy (non-hydrogen) atoms. The fraction of sp³-hybridized carbons (Fsp3) is 0.867. The van der Waals surface area contributed by atoms with E-state index in [0.717, 1.165) is 38.5 Å². The highest BCUT2D eigenvalue weighted by Crippen LogP contribution is 2.76. The lowest BCUT2D eigenvalue weighted by Crippen LogP contribution is -2.67. The predicted molar refractivity (Wildman–Crippen MR) is 132 cm³/mol. The van der Waals surface area contributed by atoms with Gasteiger partial charge in [0.15, 0.2) is 5.78 Å². The Morgan fingerprint density at radius 3 is 2.29 bits per heavy atom. The molecule has 2 N–H and O–H groups in total. The van der Waals surface area contributed by atoms with Gasteiger partial charge in [-0.15, -0.1) is 0 Å². The SMILES string of the molecule is CC1(C)C(O)CC[C@@]2(C)C1CC[C@]1(C)C2C(=O)C=C2[C@@H]3C[C@@](C)(C(=O)O)C4C[C@]3(C)C(CC21C)O4. The molecule has 1 heterocycles. The van der Waals surface area contributed by atoms with Crippen LogP contribution in [0.4, 0.5) is 0 Å². The minimum absolute atomic E-state index is 0.0293. The van der Waals surface area contributed by atoms with Crippen LogP contribution in [0, 0.1) is 50.2 Å². The summed E-state index contributed by atoms with van der Waals surface area (Å²) in [4.78, 5) is 26.7. The normalized spacial score (nSPS) is 58.1. The zero-order chi connectivity index (χ0) is 25.6. The summed E-state index contributed by atoms with van der Waals surface area (Å²) >= 11 is 0. The Bertz CT molecular complexity index is 1050. The smallest absolute Gasteiger partial charge is 0.312 e. The summed E-state index contributed by atoms with van der Waals surface area (Å²) in [6.45, 7) is 15.6. The first kappa shape index (κ1) is 24.2. The largest absolute Gasteiger partial charge is 0.481 e. The summed E-state index contributed by atoms with van der Waals surface area (Å²) < 4.78 is 6.65. The van der Waals surface area contributed by atoms with Crippen LogP contribution in [0.25, 0.3) is 0 Å². The highest BCUT2D eigenvalue weighted by Gasteiger charge is 2.74. The van der Waals surface area contributed by atoms with Gasteiger partial charge in [-0.3, -0.25) is 9.59 Å². The molecule has 0 aromatic heterocycles. The number of carboxylic acids is 1.